The first-order valence-corrected chi connectivity index (χ1v) is 6.88. The average Bonchev–Trinajstić information content (AvgIpc) is 2.41. The summed E-state index contributed by atoms with van der Waals surface area (Å²) < 4.78 is 18.5. The number of hydrogen-bond donors (Lipinski definition) is 1. The predicted molar refractivity (Wildman–Crippen MR) is 80.0 cm³/mol. The van der Waals surface area contributed by atoms with Crippen molar-refractivity contribution in [3.05, 3.63) is 63.9 Å². The number of nitrogens with two attached hydrogens (primary N) is 1. The summed E-state index contributed by atoms with van der Waals surface area (Å²) in [6.07, 6.45) is 0.521. The van der Waals surface area contributed by atoms with Crippen LogP contribution in [0.15, 0.2) is 42.5 Å². The lowest BCUT2D eigenvalue weighted by Crippen LogP contribution is -2.30. The molecular formula is C15H14Cl2FNO. The Morgan fingerprint density at radius 2 is 1.80 bits per heavy atom. The highest BCUT2D eigenvalue weighted by atomic mass is 35.5. The Bertz CT molecular complexity index is 575. The topological polar surface area (TPSA) is 35.2 Å². The predicted octanol–water partition coefficient (Wildman–Crippen LogP) is 4.08. The Labute approximate surface area is 127 Å². The van der Waals surface area contributed by atoms with Crippen LogP contribution in [0.1, 0.15) is 5.56 Å². The van der Waals surface area contributed by atoms with E-state index in [0.29, 0.717) is 28.8 Å². The first kappa shape index (κ1) is 15.1. The zero-order chi connectivity index (χ0) is 14.5. The van der Waals surface area contributed by atoms with Crippen LogP contribution in [0.4, 0.5) is 4.39 Å². The summed E-state index contributed by atoms with van der Waals surface area (Å²) in [7, 11) is 0. The van der Waals surface area contributed by atoms with E-state index in [9.17, 15) is 4.39 Å². The standard InChI is InChI=1S/C15H14Cl2FNO/c16-11-2-5-14(6-3-11)20-9-13(19)7-10-1-4-12(18)8-15(10)17/h1-6,8,13H,7,9,19H2. The molecule has 0 bridgehead atoms. The maximum atomic E-state index is 12.9. The van der Waals surface area contributed by atoms with Crippen molar-refractivity contribution < 1.29 is 9.13 Å². The molecule has 1 unspecified atom stereocenters. The van der Waals surface area contributed by atoms with E-state index in [0.717, 1.165) is 5.56 Å². The molecular weight excluding hydrogens is 300 g/mol. The van der Waals surface area contributed by atoms with Crippen LogP contribution >= 0.6 is 23.2 Å². The minimum atomic E-state index is -0.357. The lowest BCUT2D eigenvalue weighted by atomic mass is 10.1. The Hall–Kier alpha value is -1.29. The molecule has 0 radical (unpaired) electrons. The van der Waals surface area contributed by atoms with Crippen molar-refractivity contribution in [1.82, 2.24) is 0 Å². The van der Waals surface area contributed by atoms with Crippen molar-refractivity contribution in [3.8, 4) is 5.75 Å². The van der Waals surface area contributed by atoms with Crippen LogP contribution in [0.25, 0.3) is 0 Å². The molecule has 2 aromatic carbocycles. The Kier molecular flexibility index (Phi) is 5.24. The van der Waals surface area contributed by atoms with E-state index < -0.39 is 0 Å². The lowest BCUT2D eigenvalue weighted by molar-refractivity contribution is 0.287. The van der Waals surface area contributed by atoms with Gasteiger partial charge in [0.05, 0.1) is 0 Å². The van der Waals surface area contributed by atoms with Crippen LogP contribution in [-0.4, -0.2) is 12.6 Å². The first-order valence-electron chi connectivity index (χ1n) is 6.12. The molecule has 20 heavy (non-hydrogen) atoms. The van der Waals surface area contributed by atoms with Gasteiger partial charge in [0, 0.05) is 16.1 Å². The summed E-state index contributed by atoms with van der Waals surface area (Å²) >= 11 is 11.7. The van der Waals surface area contributed by atoms with Gasteiger partial charge in [0.15, 0.2) is 0 Å². The van der Waals surface area contributed by atoms with Crippen LogP contribution in [0.5, 0.6) is 5.75 Å². The molecule has 0 saturated heterocycles. The fourth-order valence-electron chi connectivity index (χ4n) is 1.76. The van der Waals surface area contributed by atoms with E-state index in [2.05, 4.69) is 0 Å². The summed E-state index contributed by atoms with van der Waals surface area (Å²) in [5, 5.41) is 1.03. The van der Waals surface area contributed by atoms with Gasteiger partial charge < -0.3 is 10.5 Å². The highest BCUT2D eigenvalue weighted by Gasteiger charge is 2.09. The van der Waals surface area contributed by atoms with E-state index in [1.807, 2.05) is 0 Å². The molecule has 2 aromatic rings. The largest absolute Gasteiger partial charge is 0.492 e. The van der Waals surface area contributed by atoms with E-state index in [-0.39, 0.29) is 11.9 Å². The van der Waals surface area contributed by atoms with Gasteiger partial charge in [-0.2, -0.15) is 0 Å². The minimum Gasteiger partial charge on any atom is -0.492 e. The number of hydrogen-bond acceptors (Lipinski definition) is 2. The molecule has 0 aliphatic rings. The van der Waals surface area contributed by atoms with E-state index >= 15 is 0 Å². The van der Waals surface area contributed by atoms with Gasteiger partial charge in [0.2, 0.25) is 0 Å². The van der Waals surface area contributed by atoms with Gasteiger partial charge in [-0.15, -0.1) is 0 Å². The van der Waals surface area contributed by atoms with Gasteiger partial charge in [-0.3, -0.25) is 0 Å². The van der Waals surface area contributed by atoms with Crippen LogP contribution in [-0.2, 0) is 6.42 Å². The summed E-state index contributed by atoms with van der Waals surface area (Å²) in [5.74, 6) is 0.347. The fourth-order valence-corrected chi connectivity index (χ4v) is 2.13. The second-order valence-electron chi connectivity index (χ2n) is 4.46. The summed E-state index contributed by atoms with van der Waals surface area (Å²) in [4.78, 5) is 0. The molecule has 0 saturated carbocycles. The molecule has 0 aromatic heterocycles. The molecule has 2 N–H and O–H groups in total. The molecule has 0 spiro atoms. The summed E-state index contributed by atoms with van der Waals surface area (Å²) in [5.41, 5.74) is 6.79. The van der Waals surface area contributed by atoms with Crippen LogP contribution < -0.4 is 10.5 Å². The second-order valence-corrected chi connectivity index (χ2v) is 5.31. The van der Waals surface area contributed by atoms with E-state index in [1.165, 1.54) is 12.1 Å². The average molecular weight is 314 g/mol. The van der Waals surface area contributed by atoms with Crippen LogP contribution in [0.2, 0.25) is 10.0 Å². The smallest absolute Gasteiger partial charge is 0.124 e. The van der Waals surface area contributed by atoms with Gasteiger partial charge in [-0.05, 0) is 48.4 Å². The molecule has 106 valence electrons. The Morgan fingerprint density at radius 1 is 1.10 bits per heavy atom. The van der Waals surface area contributed by atoms with Gasteiger partial charge in [0.25, 0.3) is 0 Å². The highest BCUT2D eigenvalue weighted by Crippen LogP contribution is 2.19. The van der Waals surface area contributed by atoms with Crippen LogP contribution in [0.3, 0.4) is 0 Å². The Balaban J connectivity index is 1.89. The van der Waals surface area contributed by atoms with E-state index in [4.69, 9.17) is 33.7 Å². The van der Waals surface area contributed by atoms with Crippen molar-refractivity contribution in [2.75, 3.05) is 6.61 Å². The highest BCUT2D eigenvalue weighted by molar-refractivity contribution is 6.31. The zero-order valence-corrected chi connectivity index (χ0v) is 12.2. The van der Waals surface area contributed by atoms with Crippen LogP contribution in [0, 0.1) is 5.82 Å². The molecule has 0 fully saturated rings. The SMILES string of the molecule is NC(COc1ccc(Cl)cc1)Cc1ccc(F)cc1Cl. The molecule has 0 aliphatic heterocycles. The lowest BCUT2D eigenvalue weighted by Gasteiger charge is -2.14. The normalized spacial score (nSPS) is 12.2. The third-order valence-electron chi connectivity index (χ3n) is 2.77. The number of benzene rings is 2. The van der Waals surface area contributed by atoms with Crippen molar-refractivity contribution in [2.24, 2.45) is 5.73 Å². The maximum absolute atomic E-state index is 12.9. The molecule has 0 aliphatic carbocycles. The van der Waals surface area contributed by atoms with Crippen molar-refractivity contribution in [2.45, 2.75) is 12.5 Å². The molecule has 0 amide bonds. The molecule has 5 heteroatoms. The molecule has 2 rings (SSSR count). The maximum Gasteiger partial charge on any atom is 0.124 e. The van der Waals surface area contributed by atoms with Crippen molar-refractivity contribution >= 4 is 23.2 Å². The third-order valence-corrected chi connectivity index (χ3v) is 3.38. The van der Waals surface area contributed by atoms with Gasteiger partial charge in [-0.1, -0.05) is 29.3 Å². The molecule has 0 heterocycles. The molecule has 1 atom stereocenters. The fraction of sp³-hybridized carbons (Fsp3) is 0.200. The zero-order valence-electron chi connectivity index (χ0n) is 10.7. The van der Waals surface area contributed by atoms with Gasteiger partial charge >= 0.3 is 0 Å². The van der Waals surface area contributed by atoms with E-state index in [1.54, 1.807) is 30.3 Å². The minimum absolute atomic E-state index is 0.228. The third kappa shape index (κ3) is 4.37. The number of rotatable bonds is 5. The molecule has 2 nitrogen and oxygen atoms in total. The summed E-state index contributed by atoms with van der Waals surface area (Å²) in [6.45, 7) is 0.343. The Morgan fingerprint density at radius 3 is 2.45 bits per heavy atom. The second kappa shape index (κ2) is 6.93. The monoisotopic (exact) mass is 313 g/mol. The van der Waals surface area contributed by atoms with Gasteiger partial charge in [0.1, 0.15) is 18.2 Å². The van der Waals surface area contributed by atoms with Crippen molar-refractivity contribution in [3.63, 3.8) is 0 Å². The van der Waals surface area contributed by atoms with Gasteiger partial charge in [-0.25, -0.2) is 4.39 Å². The summed E-state index contributed by atoms with van der Waals surface area (Å²) in [6, 6.07) is 11.1. The first-order chi connectivity index (χ1) is 9.54. The quantitative estimate of drug-likeness (QED) is 0.902. The van der Waals surface area contributed by atoms with Crippen molar-refractivity contribution in [1.29, 1.82) is 0 Å². The number of ether oxygens (including phenoxy) is 1. The number of halogens is 3.